The fourth-order valence-electron chi connectivity index (χ4n) is 16.7. The van der Waals surface area contributed by atoms with Crippen molar-refractivity contribution in [1.29, 1.82) is 0 Å². The molecule has 9 aliphatic rings. The number of carboxylic acids is 1. The molecule has 0 radical (unpaired) electrons. The number of hydrogen-bond acceptors (Lipinski definition) is 19. The summed E-state index contributed by atoms with van der Waals surface area (Å²) >= 11 is 0. The van der Waals surface area contributed by atoms with E-state index in [1.807, 2.05) is 6.92 Å². The third-order valence-corrected chi connectivity index (χ3v) is 21.4. The summed E-state index contributed by atoms with van der Waals surface area (Å²) in [6, 6.07) is 0. The van der Waals surface area contributed by atoms with Gasteiger partial charge in [0, 0.05) is 17.3 Å². The van der Waals surface area contributed by atoms with Crippen LogP contribution in [0.5, 0.6) is 0 Å². The lowest BCUT2D eigenvalue weighted by Gasteiger charge is -2.72. The molecule has 6 aliphatic carbocycles. The Morgan fingerprint density at radius 3 is 1.97 bits per heavy atom. The van der Waals surface area contributed by atoms with Gasteiger partial charge in [-0.15, -0.1) is 0 Å². The predicted octanol–water partition coefficient (Wildman–Crippen LogP) is 2.29. The molecule has 0 amide bonds. The molecule has 0 aromatic rings. The van der Waals surface area contributed by atoms with Crippen molar-refractivity contribution >= 4 is 11.8 Å². The maximum Gasteiger partial charge on any atom is 0.335 e. The topological polar surface area (TPSA) is 321 Å². The summed E-state index contributed by atoms with van der Waals surface area (Å²) in [6.45, 7) is 18.3. The van der Waals surface area contributed by atoms with Crippen LogP contribution in [0.3, 0.4) is 0 Å². The average Bonchev–Trinajstić information content (AvgIpc) is 3.35. The molecule has 20 nitrogen and oxygen atoms in total. The van der Waals surface area contributed by atoms with Crippen LogP contribution in [0, 0.1) is 50.2 Å². The van der Waals surface area contributed by atoms with Gasteiger partial charge in [-0.3, -0.25) is 4.79 Å². The Kier molecular flexibility index (Phi) is 15.6. The van der Waals surface area contributed by atoms with Crippen LogP contribution < -0.4 is 0 Å². The van der Waals surface area contributed by atoms with Crippen LogP contribution in [-0.4, -0.2) is 192 Å². The number of ether oxygens (including phenoxy) is 7. The monoisotopic (exact) mass is 1070 g/mol. The highest BCUT2D eigenvalue weighted by atomic mass is 16.8. The van der Waals surface area contributed by atoms with Gasteiger partial charge in [0.2, 0.25) is 0 Å². The summed E-state index contributed by atoms with van der Waals surface area (Å²) in [7, 11) is 0. The number of aliphatic carboxylic acids is 1. The molecular formula is C55H86O20. The van der Waals surface area contributed by atoms with Gasteiger partial charge in [0.15, 0.2) is 36.5 Å². The number of carbonyl (C=O) groups is 2. The maximum absolute atomic E-state index is 12.8. The highest BCUT2D eigenvalue weighted by Gasteiger charge is 2.70. The zero-order chi connectivity index (χ0) is 54.9. The second-order valence-corrected chi connectivity index (χ2v) is 26.3. The van der Waals surface area contributed by atoms with Crippen molar-refractivity contribution < 1.29 is 98.9 Å². The van der Waals surface area contributed by atoms with E-state index in [0.717, 1.165) is 44.9 Å². The molecule has 3 aliphatic heterocycles. The SMILES string of the molecule is CC1=C(O)C(=O)CC(OC2CC(C)(C)CC3C4=CCC5C6(C)CCC(O[C@@H]7OC(C(=O)O)[C@@H](O)[C@H](O)[C@H]7O[C@@H]7O[C@H](CO)[C@H](O)[C@H](O)[C@H]7O[C@@H]7O[C@@H](C)[C@H](O)[C@@H](O)[C@H]7O)C(C)(CO)C6CCC5(C)C4(C)CCC23C)C1. The number of Topliss-reactive ketones (excluding diaryl/α,β-unsaturated/α-hetero) is 1. The fourth-order valence-corrected chi connectivity index (χ4v) is 16.7. The molecule has 4 saturated carbocycles. The molecule has 426 valence electrons. The molecule has 0 aromatic carbocycles. The molecule has 11 N–H and O–H groups in total. The molecule has 7 fully saturated rings. The number of aliphatic hydroxyl groups is 10. The van der Waals surface area contributed by atoms with Gasteiger partial charge in [-0.2, -0.15) is 0 Å². The Bertz CT molecular complexity index is 2210. The van der Waals surface area contributed by atoms with E-state index in [9.17, 15) is 65.8 Å². The van der Waals surface area contributed by atoms with Crippen molar-refractivity contribution in [3.05, 3.63) is 23.0 Å². The highest BCUT2D eigenvalue weighted by molar-refractivity contribution is 5.95. The number of fused-ring (bicyclic) bond motifs is 7. The zero-order valence-electron chi connectivity index (χ0n) is 45.0. The minimum atomic E-state index is -2.09. The number of hydrogen-bond donors (Lipinski definition) is 11. The summed E-state index contributed by atoms with van der Waals surface area (Å²) < 4.78 is 43.4. The van der Waals surface area contributed by atoms with Crippen LogP contribution in [0.2, 0.25) is 0 Å². The standard InChI is InChI=1S/C55H86O20/c1-24-18-26(19-29(58)35(24)59)70-34-21-50(3,4)20-28-27-10-11-32-52(6)14-13-33(53(7,23-57)31(52)12-15-55(32,9)54(27,8)17-16-51(28,34)5)72-49-45(41(65)40(64)43(73-49)46(67)68)75-48-44(39(63)37(61)30(22-56)71-48)74-47-42(66)38(62)36(60)25(2)69-47/h10,25-26,28,30-34,36-45,47-49,56-57,59-66H,11-23H2,1-9H3,(H,67,68)/t25-,26?,28?,30+,31?,32?,33?,34?,36-,37-,38+,39-,40-,41-,42+,43?,44+,45+,47-,48-,49+,51?,52?,53?,54?,55?/m0/s1. The zero-order valence-corrected chi connectivity index (χ0v) is 45.0. The van der Waals surface area contributed by atoms with Crippen molar-refractivity contribution in [2.45, 2.75) is 243 Å². The Morgan fingerprint density at radius 1 is 0.680 bits per heavy atom. The number of carboxylic acid groups (broad SMARTS) is 1. The van der Waals surface area contributed by atoms with E-state index in [1.54, 1.807) is 6.92 Å². The van der Waals surface area contributed by atoms with Gasteiger partial charge in [-0.1, -0.05) is 60.1 Å². The van der Waals surface area contributed by atoms with Gasteiger partial charge < -0.3 is 89.3 Å². The molecule has 3 saturated heterocycles. The van der Waals surface area contributed by atoms with Crippen molar-refractivity contribution in [3.8, 4) is 0 Å². The normalized spacial score (nSPS) is 53.0. The van der Waals surface area contributed by atoms with E-state index in [1.165, 1.54) is 12.5 Å². The van der Waals surface area contributed by atoms with Crippen molar-refractivity contribution in [1.82, 2.24) is 0 Å². The van der Waals surface area contributed by atoms with Crippen molar-refractivity contribution in [2.75, 3.05) is 13.2 Å². The fraction of sp³-hybridized carbons (Fsp3) is 0.891. The van der Waals surface area contributed by atoms with Crippen molar-refractivity contribution in [2.24, 2.45) is 50.2 Å². The van der Waals surface area contributed by atoms with Crippen molar-refractivity contribution in [3.63, 3.8) is 0 Å². The van der Waals surface area contributed by atoms with Gasteiger partial charge in [0.25, 0.3) is 0 Å². The minimum Gasteiger partial charge on any atom is -0.504 e. The molecule has 75 heavy (non-hydrogen) atoms. The number of aliphatic hydroxyl groups excluding tert-OH is 10. The second kappa shape index (κ2) is 20.4. The Balaban J connectivity index is 0.980. The third-order valence-electron chi connectivity index (χ3n) is 21.4. The number of ketones is 1. The smallest absolute Gasteiger partial charge is 0.335 e. The van der Waals surface area contributed by atoms with Gasteiger partial charge in [0.05, 0.1) is 37.6 Å². The molecular weight excluding hydrogens is 981 g/mol. The molecule has 20 heteroatoms. The summed E-state index contributed by atoms with van der Waals surface area (Å²) in [5, 5.41) is 119. The van der Waals surface area contributed by atoms with Crippen LogP contribution in [0.25, 0.3) is 0 Å². The van der Waals surface area contributed by atoms with Gasteiger partial charge in [-0.05, 0) is 123 Å². The van der Waals surface area contributed by atoms with Crippen LogP contribution in [0.15, 0.2) is 23.0 Å². The van der Waals surface area contributed by atoms with E-state index >= 15 is 0 Å². The first kappa shape index (κ1) is 57.5. The van der Waals surface area contributed by atoms with Crippen LogP contribution in [-0.2, 0) is 42.7 Å². The average molecular weight is 1070 g/mol. The van der Waals surface area contributed by atoms with Gasteiger partial charge in [0.1, 0.15) is 61.0 Å². The lowest BCUT2D eigenvalue weighted by atomic mass is 9.33. The minimum absolute atomic E-state index is 0.0281. The van der Waals surface area contributed by atoms with Crippen LogP contribution in [0.4, 0.5) is 0 Å². The van der Waals surface area contributed by atoms with Gasteiger partial charge >= 0.3 is 5.97 Å². The molecule has 26 atom stereocenters. The lowest BCUT2D eigenvalue weighted by molar-refractivity contribution is -0.396. The Labute approximate surface area is 439 Å². The first-order valence-corrected chi connectivity index (χ1v) is 27.4. The lowest BCUT2D eigenvalue weighted by Crippen LogP contribution is -2.68. The number of allylic oxidation sites excluding steroid dienone is 3. The summed E-state index contributed by atoms with van der Waals surface area (Å²) in [4.78, 5) is 25.4. The summed E-state index contributed by atoms with van der Waals surface area (Å²) in [5.41, 5.74) is 0.395. The molecule has 3 heterocycles. The number of rotatable bonds is 11. The van der Waals surface area contributed by atoms with Crippen LogP contribution in [0.1, 0.15) is 133 Å². The van der Waals surface area contributed by atoms with Gasteiger partial charge in [-0.25, -0.2) is 4.79 Å². The van der Waals surface area contributed by atoms with E-state index in [2.05, 4.69) is 47.6 Å². The molecule has 12 unspecified atom stereocenters. The summed E-state index contributed by atoms with van der Waals surface area (Å²) in [5.74, 6) is -1.67. The first-order valence-electron chi connectivity index (χ1n) is 27.4. The van der Waals surface area contributed by atoms with E-state index < -0.39 is 116 Å². The van der Waals surface area contributed by atoms with E-state index in [0.29, 0.717) is 24.8 Å². The largest absolute Gasteiger partial charge is 0.504 e. The maximum atomic E-state index is 12.8. The summed E-state index contributed by atoms with van der Waals surface area (Å²) in [6.07, 6.45) is -17.2. The highest BCUT2D eigenvalue weighted by Crippen LogP contribution is 2.76. The van der Waals surface area contributed by atoms with Crippen LogP contribution >= 0.6 is 0 Å². The van der Waals surface area contributed by atoms with E-state index in [4.69, 9.17) is 33.2 Å². The molecule has 9 rings (SSSR count). The Hall–Kier alpha value is -2.22. The second-order valence-electron chi connectivity index (χ2n) is 26.3. The number of carbonyl (C=O) groups excluding carboxylic acids is 1. The molecule has 0 spiro atoms. The molecule has 0 aromatic heterocycles. The first-order chi connectivity index (χ1) is 35.0. The third kappa shape index (κ3) is 9.31. The predicted molar refractivity (Wildman–Crippen MR) is 263 cm³/mol. The van der Waals surface area contributed by atoms with E-state index in [-0.39, 0.29) is 81.6 Å². The molecule has 0 bridgehead atoms. The quantitative estimate of drug-likeness (QED) is 0.104. The Morgan fingerprint density at radius 2 is 1.33 bits per heavy atom.